The second kappa shape index (κ2) is 8.99. The molecule has 0 fully saturated rings. The number of anilines is 1. The van der Waals surface area contributed by atoms with Crippen molar-refractivity contribution in [2.45, 2.75) is 13.3 Å². The van der Waals surface area contributed by atoms with Crippen LogP contribution in [0.1, 0.15) is 23.0 Å². The van der Waals surface area contributed by atoms with E-state index < -0.39 is 23.4 Å². The highest BCUT2D eigenvalue weighted by Crippen LogP contribution is 2.28. The first-order valence-electron chi connectivity index (χ1n) is 9.11. The highest BCUT2D eigenvalue weighted by atomic mass is 16.6. The van der Waals surface area contributed by atoms with E-state index in [0.29, 0.717) is 22.9 Å². The SMILES string of the molecule is CCc1cc(C(=O)OCC(=O)Nc2cc([N+](=O)[O-])ccc2OC)c2ccccc2n1. The van der Waals surface area contributed by atoms with Crippen LogP contribution in [0.5, 0.6) is 5.75 Å². The molecule has 9 heteroatoms. The first kappa shape index (κ1) is 20.7. The summed E-state index contributed by atoms with van der Waals surface area (Å²) in [7, 11) is 1.37. The van der Waals surface area contributed by atoms with Crippen molar-refractivity contribution in [1.82, 2.24) is 4.98 Å². The Morgan fingerprint density at radius 1 is 1.17 bits per heavy atom. The summed E-state index contributed by atoms with van der Waals surface area (Å²) in [6.45, 7) is 1.36. The molecule has 0 radical (unpaired) electrons. The number of aryl methyl sites for hydroxylation is 1. The van der Waals surface area contributed by atoms with Gasteiger partial charge in [0.05, 0.1) is 28.8 Å². The number of esters is 1. The van der Waals surface area contributed by atoms with Gasteiger partial charge >= 0.3 is 5.97 Å². The number of fused-ring (bicyclic) bond motifs is 1. The van der Waals surface area contributed by atoms with Gasteiger partial charge in [0.1, 0.15) is 5.75 Å². The summed E-state index contributed by atoms with van der Waals surface area (Å²) >= 11 is 0. The number of para-hydroxylation sites is 1. The highest BCUT2D eigenvalue weighted by Gasteiger charge is 2.17. The lowest BCUT2D eigenvalue weighted by molar-refractivity contribution is -0.384. The summed E-state index contributed by atoms with van der Waals surface area (Å²) in [6, 6.07) is 12.6. The lowest BCUT2D eigenvalue weighted by atomic mass is 10.1. The quantitative estimate of drug-likeness (QED) is 0.360. The number of ether oxygens (including phenoxy) is 2. The molecule has 0 aliphatic rings. The second-order valence-electron chi connectivity index (χ2n) is 6.30. The average molecular weight is 409 g/mol. The third-order valence-electron chi connectivity index (χ3n) is 4.35. The van der Waals surface area contributed by atoms with Crippen molar-refractivity contribution >= 4 is 34.2 Å². The summed E-state index contributed by atoms with van der Waals surface area (Å²) in [5, 5.41) is 14.0. The molecule has 2 aromatic carbocycles. The Labute approximate surface area is 171 Å². The summed E-state index contributed by atoms with van der Waals surface area (Å²) in [4.78, 5) is 39.7. The molecule has 0 aliphatic carbocycles. The average Bonchev–Trinajstić information content (AvgIpc) is 2.76. The van der Waals surface area contributed by atoms with Crippen LogP contribution >= 0.6 is 0 Å². The number of non-ortho nitro benzene ring substituents is 1. The van der Waals surface area contributed by atoms with E-state index in [-0.39, 0.29) is 17.1 Å². The molecule has 3 rings (SSSR count). The zero-order valence-electron chi connectivity index (χ0n) is 16.4. The van der Waals surface area contributed by atoms with Gasteiger partial charge in [0.2, 0.25) is 0 Å². The van der Waals surface area contributed by atoms with Crippen LogP contribution in [0.15, 0.2) is 48.5 Å². The van der Waals surface area contributed by atoms with Gasteiger partial charge < -0.3 is 14.8 Å². The second-order valence-corrected chi connectivity index (χ2v) is 6.30. The van der Waals surface area contributed by atoms with Crippen LogP contribution < -0.4 is 10.1 Å². The molecule has 154 valence electrons. The molecule has 3 aromatic rings. The van der Waals surface area contributed by atoms with Gasteiger partial charge in [0, 0.05) is 23.2 Å². The maximum Gasteiger partial charge on any atom is 0.339 e. The molecule has 30 heavy (non-hydrogen) atoms. The van der Waals surface area contributed by atoms with E-state index in [2.05, 4.69) is 10.3 Å². The van der Waals surface area contributed by atoms with Crippen molar-refractivity contribution in [1.29, 1.82) is 0 Å². The molecule has 0 saturated heterocycles. The summed E-state index contributed by atoms with van der Waals surface area (Å²) in [5.41, 5.74) is 1.60. The molecule has 1 amide bonds. The lowest BCUT2D eigenvalue weighted by Crippen LogP contribution is -2.21. The van der Waals surface area contributed by atoms with E-state index in [0.717, 1.165) is 5.69 Å². The van der Waals surface area contributed by atoms with Gasteiger partial charge in [-0.05, 0) is 24.6 Å². The largest absolute Gasteiger partial charge is 0.495 e. The van der Waals surface area contributed by atoms with Crippen molar-refractivity contribution in [3.8, 4) is 5.75 Å². The number of carbonyl (C=O) groups is 2. The number of rotatable bonds is 7. The number of nitro groups is 1. The Balaban J connectivity index is 1.74. The minimum absolute atomic E-state index is 0.107. The molecule has 0 spiro atoms. The predicted octanol–water partition coefficient (Wildman–Crippen LogP) is 3.51. The van der Waals surface area contributed by atoms with E-state index in [4.69, 9.17) is 9.47 Å². The number of pyridine rings is 1. The first-order valence-corrected chi connectivity index (χ1v) is 9.11. The number of nitro benzene ring substituents is 1. The molecular weight excluding hydrogens is 390 g/mol. The minimum atomic E-state index is -0.663. The van der Waals surface area contributed by atoms with Crippen LogP contribution in [0.4, 0.5) is 11.4 Å². The lowest BCUT2D eigenvalue weighted by Gasteiger charge is -2.11. The number of aromatic nitrogens is 1. The van der Waals surface area contributed by atoms with Crippen molar-refractivity contribution in [3.05, 3.63) is 69.9 Å². The molecule has 0 atom stereocenters. The van der Waals surface area contributed by atoms with E-state index in [9.17, 15) is 19.7 Å². The molecule has 1 N–H and O–H groups in total. The maximum atomic E-state index is 12.6. The number of benzene rings is 2. The van der Waals surface area contributed by atoms with Crippen LogP contribution in [0.3, 0.4) is 0 Å². The number of hydrogen-bond donors (Lipinski definition) is 1. The highest BCUT2D eigenvalue weighted by molar-refractivity contribution is 6.04. The van der Waals surface area contributed by atoms with Crippen LogP contribution in [0, 0.1) is 10.1 Å². The fourth-order valence-corrected chi connectivity index (χ4v) is 2.88. The molecule has 1 aromatic heterocycles. The Kier molecular flexibility index (Phi) is 6.21. The molecule has 1 heterocycles. The fourth-order valence-electron chi connectivity index (χ4n) is 2.88. The number of hydrogen-bond acceptors (Lipinski definition) is 7. The summed E-state index contributed by atoms with van der Waals surface area (Å²) in [6.07, 6.45) is 0.637. The Bertz CT molecular complexity index is 1130. The fraction of sp³-hybridized carbons (Fsp3) is 0.190. The Hall–Kier alpha value is -4.01. The van der Waals surface area contributed by atoms with Crippen molar-refractivity contribution < 1.29 is 24.0 Å². The molecule has 0 unspecified atom stereocenters. The van der Waals surface area contributed by atoms with Crippen LogP contribution in [0.25, 0.3) is 10.9 Å². The molecule has 0 saturated carbocycles. The third-order valence-corrected chi connectivity index (χ3v) is 4.35. The van der Waals surface area contributed by atoms with Gasteiger partial charge in [-0.15, -0.1) is 0 Å². The van der Waals surface area contributed by atoms with Crippen molar-refractivity contribution in [3.63, 3.8) is 0 Å². The predicted molar refractivity (Wildman–Crippen MR) is 110 cm³/mol. The smallest absolute Gasteiger partial charge is 0.339 e. The van der Waals surface area contributed by atoms with Crippen molar-refractivity contribution in [2.24, 2.45) is 0 Å². The van der Waals surface area contributed by atoms with Crippen LogP contribution in [-0.2, 0) is 16.0 Å². The normalized spacial score (nSPS) is 10.5. The molecule has 0 bridgehead atoms. The number of methoxy groups -OCH3 is 1. The third kappa shape index (κ3) is 4.52. The monoisotopic (exact) mass is 409 g/mol. The van der Waals surface area contributed by atoms with Gasteiger partial charge in [0.25, 0.3) is 11.6 Å². The number of carbonyl (C=O) groups excluding carboxylic acids is 2. The standard InChI is InChI=1S/C21H19N3O6/c1-3-13-10-16(15-6-4-5-7-17(15)22-13)21(26)30-12-20(25)23-18-11-14(24(27)28)8-9-19(18)29-2/h4-11H,3,12H2,1-2H3,(H,23,25). The van der Waals surface area contributed by atoms with Gasteiger partial charge in [-0.1, -0.05) is 25.1 Å². The van der Waals surface area contributed by atoms with E-state index in [1.54, 1.807) is 24.3 Å². The Morgan fingerprint density at radius 2 is 1.93 bits per heavy atom. The minimum Gasteiger partial charge on any atom is -0.495 e. The summed E-state index contributed by atoms with van der Waals surface area (Å²) < 4.78 is 10.3. The Morgan fingerprint density at radius 3 is 2.63 bits per heavy atom. The van der Waals surface area contributed by atoms with Gasteiger partial charge in [-0.3, -0.25) is 19.9 Å². The zero-order chi connectivity index (χ0) is 21.7. The molecule has 9 nitrogen and oxygen atoms in total. The molecular formula is C21H19N3O6. The summed E-state index contributed by atoms with van der Waals surface area (Å²) in [5.74, 6) is -1.08. The number of nitrogens with one attached hydrogen (secondary N) is 1. The van der Waals surface area contributed by atoms with Crippen molar-refractivity contribution in [2.75, 3.05) is 19.0 Å². The topological polar surface area (TPSA) is 121 Å². The van der Waals surface area contributed by atoms with E-state index in [1.807, 2.05) is 13.0 Å². The number of nitrogens with zero attached hydrogens (tertiary/aromatic N) is 2. The van der Waals surface area contributed by atoms with Crippen LogP contribution in [-0.4, -0.2) is 35.5 Å². The van der Waals surface area contributed by atoms with E-state index in [1.165, 1.54) is 25.3 Å². The van der Waals surface area contributed by atoms with Gasteiger partial charge in [-0.2, -0.15) is 0 Å². The number of amides is 1. The van der Waals surface area contributed by atoms with Crippen LogP contribution in [0.2, 0.25) is 0 Å². The zero-order valence-corrected chi connectivity index (χ0v) is 16.4. The van der Waals surface area contributed by atoms with E-state index >= 15 is 0 Å². The van der Waals surface area contributed by atoms with Gasteiger partial charge in [-0.25, -0.2) is 4.79 Å². The van der Waals surface area contributed by atoms with Gasteiger partial charge in [0.15, 0.2) is 6.61 Å². The molecule has 0 aliphatic heterocycles. The maximum absolute atomic E-state index is 12.6. The first-order chi connectivity index (χ1) is 14.4.